The number of hydrogen-bond acceptors (Lipinski definition) is 8. The van der Waals surface area contributed by atoms with Crippen molar-refractivity contribution in [3.05, 3.63) is 35.0 Å². The molecule has 0 amide bonds. The average molecular weight is 494 g/mol. The molecule has 2 unspecified atom stereocenters. The van der Waals surface area contributed by atoms with E-state index in [1.807, 2.05) is 25.1 Å². The molecule has 30 heavy (non-hydrogen) atoms. The Labute approximate surface area is 195 Å². The van der Waals surface area contributed by atoms with E-state index in [1.54, 1.807) is 32.6 Å². The SMILES string of the molecule is CCOC(=O)C(Cl)SC.CCOC(=O)C(Oc1cc(C)c2ncc(Cl)cc2c1)SC. The van der Waals surface area contributed by atoms with Crippen LogP contribution in [-0.2, 0) is 19.1 Å². The molecule has 2 rings (SSSR count). The lowest BCUT2D eigenvalue weighted by atomic mass is 10.1. The van der Waals surface area contributed by atoms with Gasteiger partial charge in [0, 0.05) is 11.6 Å². The number of aryl methyl sites for hydroxylation is 1. The predicted octanol–water partition coefficient (Wildman–Crippen LogP) is 5.31. The van der Waals surface area contributed by atoms with Crippen molar-refractivity contribution in [3.8, 4) is 5.75 Å². The Morgan fingerprint density at radius 3 is 2.27 bits per heavy atom. The van der Waals surface area contributed by atoms with Crippen molar-refractivity contribution in [3.63, 3.8) is 0 Å². The second kappa shape index (κ2) is 13.9. The maximum atomic E-state index is 11.8. The van der Waals surface area contributed by atoms with E-state index in [0.717, 1.165) is 16.5 Å². The zero-order valence-corrected chi connectivity index (χ0v) is 20.6. The van der Waals surface area contributed by atoms with E-state index < -0.39 is 10.1 Å². The number of carbonyl (C=O) groups is 2. The summed E-state index contributed by atoms with van der Waals surface area (Å²) in [5.41, 5.74) is 1.14. The molecule has 166 valence electrons. The number of hydrogen-bond donors (Lipinski definition) is 0. The zero-order valence-electron chi connectivity index (χ0n) is 17.4. The van der Waals surface area contributed by atoms with Gasteiger partial charge in [-0.25, -0.2) is 9.59 Å². The number of carbonyl (C=O) groups excluding carboxylic acids is 2. The molecule has 0 saturated carbocycles. The second-order valence-corrected chi connectivity index (χ2v) is 8.68. The van der Waals surface area contributed by atoms with E-state index in [1.165, 1.54) is 23.5 Å². The van der Waals surface area contributed by atoms with Gasteiger partial charge in [0.25, 0.3) is 0 Å². The topological polar surface area (TPSA) is 74.7 Å². The Bertz CT molecular complexity index is 853. The first-order chi connectivity index (χ1) is 14.3. The molecular formula is C20H25Cl2NO5S2. The first kappa shape index (κ1) is 26.7. The molecule has 1 heterocycles. The van der Waals surface area contributed by atoms with E-state index in [-0.39, 0.29) is 11.9 Å². The fraction of sp³-hybridized carbons (Fsp3) is 0.450. The first-order valence-corrected chi connectivity index (χ1v) is 12.4. The number of pyridine rings is 1. The van der Waals surface area contributed by atoms with Gasteiger partial charge in [0.1, 0.15) is 5.75 Å². The van der Waals surface area contributed by atoms with E-state index in [0.29, 0.717) is 24.0 Å². The molecule has 2 aromatic rings. The summed E-state index contributed by atoms with van der Waals surface area (Å²) in [6, 6.07) is 5.50. The highest BCUT2D eigenvalue weighted by molar-refractivity contribution is 8.01. The normalized spacial score (nSPS) is 12.4. The summed E-state index contributed by atoms with van der Waals surface area (Å²) < 4.78 is 14.8. The predicted molar refractivity (Wildman–Crippen MR) is 126 cm³/mol. The van der Waals surface area contributed by atoms with E-state index in [9.17, 15) is 9.59 Å². The Balaban J connectivity index is 0.000000424. The Morgan fingerprint density at radius 2 is 1.70 bits per heavy atom. The largest absolute Gasteiger partial charge is 0.468 e. The van der Waals surface area contributed by atoms with Gasteiger partial charge >= 0.3 is 11.9 Å². The lowest BCUT2D eigenvalue weighted by Gasteiger charge is -2.16. The molecule has 0 saturated heterocycles. The molecule has 0 radical (unpaired) electrons. The van der Waals surface area contributed by atoms with Crippen LogP contribution < -0.4 is 4.74 Å². The van der Waals surface area contributed by atoms with Crippen molar-refractivity contribution in [1.82, 2.24) is 4.98 Å². The van der Waals surface area contributed by atoms with Crippen LogP contribution in [0, 0.1) is 6.92 Å². The van der Waals surface area contributed by atoms with Gasteiger partial charge in [-0.2, -0.15) is 0 Å². The summed E-state index contributed by atoms with van der Waals surface area (Å²) >= 11 is 14.0. The van der Waals surface area contributed by atoms with Crippen molar-refractivity contribution < 1.29 is 23.8 Å². The number of esters is 2. The molecule has 0 aliphatic rings. The highest BCUT2D eigenvalue weighted by atomic mass is 35.5. The number of nitrogens with zero attached hydrogens (tertiary/aromatic N) is 1. The van der Waals surface area contributed by atoms with Gasteiger partial charge in [0.2, 0.25) is 5.44 Å². The summed E-state index contributed by atoms with van der Waals surface area (Å²) in [4.78, 5) is 26.7. The number of halogens is 2. The fourth-order valence-corrected chi connectivity index (χ4v) is 3.23. The summed E-state index contributed by atoms with van der Waals surface area (Å²) in [5.74, 6) is -0.143. The van der Waals surface area contributed by atoms with Crippen LogP contribution in [0.15, 0.2) is 24.4 Å². The number of alkyl halides is 1. The third-order valence-corrected chi connectivity index (χ3v) is 5.77. The molecule has 1 aromatic carbocycles. The number of fused-ring (bicyclic) bond motifs is 1. The van der Waals surface area contributed by atoms with Gasteiger partial charge in [-0.05, 0) is 57.0 Å². The minimum absolute atomic E-state index is 0.329. The molecular weight excluding hydrogens is 469 g/mol. The molecule has 2 atom stereocenters. The molecule has 0 bridgehead atoms. The number of ether oxygens (including phenoxy) is 3. The third-order valence-electron chi connectivity index (χ3n) is 3.53. The quantitative estimate of drug-likeness (QED) is 0.278. The first-order valence-electron chi connectivity index (χ1n) is 9.02. The summed E-state index contributed by atoms with van der Waals surface area (Å²) in [6.45, 7) is 6.18. The monoisotopic (exact) mass is 493 g/mol. The van der Waals surface area contributed by atoms with E-state index in [4.69, 9.17) is 32.7 Å². The number of thioether (sulfide) groups is 2. The molecule has 10 heteroatoms. The average Bonchev–Trinajstić information content (AvgIpc) is 2.71. The van der Waals surface area contributed by atoms with Crippen LogP contribution in [0.4, 0.5) is 0 Å². The maximum absolute atomic E-state index is 11.8. The van der Waals surface area contributed by atoms with Crippen LogP contribution in [0.2, 0.25) is 5.02 Å². The van der Waals surface area contributed by atoms with Crippen LogP contribution in [0.3, 0.4) is 0 Å². The lowest BCUT2D eigenvalue weighted by Crippen LogP contribution is -2.25. The second-order valence-electron chi connectivity index (χ2n) is 5.71. The minimum atomic E-state index is -0.686. The van der Waals surface area contributed by atoms with Gasteiger partial charge in [0.15, 0.2) is 4.71 Å². The molecule has 0 N–H and O–H groups in total. The lowest BCUT2D eigenvalue weighted by molar-refractivity contribution is -0.147. The summed E-state index contributed by atoms with van der Waals surface area (Å²) in [5, 5.41) is 1.44. The maximum Gasteiger partial charge on any atom is 0.358 e. The molecule has 0 aliphatic carbocycles. The number of rotatable bonds is 8. The fourth-order valence-electron chi connectivity index (χ4n) is 2.27. The Hall–Kier alpha value is -1.35. The number of aromatic nitrogens is 1. The third kappa shape index (κ3) is 8.41. The van der Waals surface area contributed by atoms with Crippen molar-refractivity contribution >= 4 is 69.6 Å². The Morgan fingerprint density at radius 1 is 1.07 bits per heavy atom. The number of benzene rings is 1. The smallest absolute Gasteiger partial charge is 0.358 e. The van der Waals surface area contributed by atoms with Crippen LogP contribution in [0.5, 0.6) is 5.75 Å². The van der Waals surface area contributed by atoms with Crippen molar-refractivity contribution in [2.45, 2.75) is 30.9 Å². The van der Waals surface area contributed by atoms with Crippen LogP contribution in [-0.4, -0.2) is 52.8 Å². The van der Waals surface area contributed by atoms with Crippen LogP contribution in [0.25, 0.3) is 10.9 Å². The molecule has 0 fully saturated rings. The molecule has 0 aliphatic heterocycles. The van der Waals surface area contributed by atoms with Gasteiger partial charge in [-0.1, -0.05) is 23.2 Å². The molecule has 1 aromatic heterocycles. The molecule has 0 spiro atoms. The van der Waals surface area contributed by atoms with E-state index in [2.05, 4.69) is 9.72 Å². The van der Waals surface area contributed by atoms with Gasteiger partial charge in [0.05, 0.1) is 23.8 Å². The summed E-state index contributed by atoms with van der Waals surface area (Å²) in [6.07, 6.45) is 5.17. The van der Waals surface area contributed by atoms with Crippen molar-refractivity contribution in [1.29, 1.82) is 0 Å². The highest BCUT2D eigenvalue weighted by Crippen LogP contribution is 2.27. The van der Waals surface area contributed by atoms with Gasteiger partial charge in [-0.15, -0.1) is 23.5 Å². The zero-order chi connectivity index (χ0) is 22.7. The van der Waals surface area contributed by atoms with Gasteiger partial charge < -0.3 is 14.2 Å². The summed E-state index contributed by atoms with van der Waals surface area (Å²) in [7, 11) is 0. The Kier molecular flexibility index (Phi) is 12.3. The van der Waals surface area contributed by atoms with Gasteiger partial charge in [-0.3, -0.25) is 4.98 Å². The minimum Gasteiger partial charge on any atom is -0.468 e. The highest BCUT2D eigenvalue weighted by Gasteiger charge is 2.21. The van der Waals surface area contributed by atoms with E-state index >= 15 is 0 Å². The van der Waals surface area contributed by atoms with Crippen molar-refractivity contribution in [2.24, 2.45) is 0 Å². The van der Waals surface area contributed by atoms with Crippen molar-refractivity contribution in [2.75, 3.05) is 25.7 Å². The van der Waals surface area contributed by atoms with Crippen LogP contribution in [0.1, 0.15) is 19.4 Å². The standard InChI is InChI=1S/C15H16ClNO3S.C5H9ClO2S/c1-4-19-14(18)15(21-3)20-12-5-9(2)13-10(7-12)6-11(16)8-17-13;1-3-8-5(7)4(6)9-2/h5-8,15H,4H2,1-3H3;4H,3H2,1-2H3. The molecule has 6 nitrogen and oxygen atoms in total. The van der Waals surface area contributed by atoms with Crippen LogP contribution >= 0.6 is 46.7 Å².